The number of hydrogen-bond acceptors (Lipinski definition) is 5. The van der Waals surface area contributed by atoms with Gasteiger partial charge in [0.1, 0.15) is 12.1 Å². The number of imide groups is 1. The van der Waals surface area contributed by atoms with Crippen LogP contribution in [0.15, 0.2) is 18.2 Å². The number of urea groups is 1. The fraction of sp³-hybridized carbons (Fsp3) is 0.591. The number of ether oxygens (including phenoxy) is 2. The average Bonchev–Trinajstić information content (AvgIpc) is 2.98. The molecule has 0 bridgehead atoms. The first kappa shape index (κ1) is 21.9. The van der Waals surface area contributed by atoms with Crippen LogP contribution in [0.3, 0.4) is 0 Å². The van der Waals surface area contributed by atoms with Crippen molar-refractivity contribution < 1.29 is 23.9 Å². The van der Waals surface area contributed by atoms with Crippen molar-refractivity contribution in [2.75, 3.05) is 27.3 Å². The minimum atomic E-state index is -1.28. The van der Waals surface area contributed by atoms with Gasteiger partial charge in [0, 0.05) is 12.6 Å². The van der Waals surface area contributed by atoms with Gasteiger partial charge in [-0.3, -0.25) is 14.5 Å². The molecular formula is C22H31N3O5. The zero-order valence-corrected chi connectivity index (χ0v) is 18.2. The summed E-state index contributed by atoms with van der Waals surface area (Å²) in [4.78, 5) is 41.7. The zero-order chi connectivity index (χ0) is 21.9. The van der Waals surface area contributed by atoms with Crippen molar-refractivity contribution in [1.82, 2.24) is 15.1 Å². The van der Waals surface area contributed by atoms with Crippen molar-refractivity contribution in [3.05, 3.63) is 23.8 Å². The topological polar surface area (TPSA) is 88.2 Å². The summed E-state index contributed by atoms with van der Waals surface area (Å²) in [5.41, 5.74) is -0.716. The quantitative estimate of drug-likeness (QED) is 0.689. The van der Waals surface area contributed by atoms with E-state index in [-0.39, 0.29) is 18.5 Å². The van der Waals surface area contributed by atoms with Crippen LogP contribution in [0.4, 0.5) is 4.79 Å². The van der Waals surface area contributed by atoms with E-state index in [1.165, 1.54) is 20.6 Å². The summed E-state index contributed by atoms with van der Waals surface area (Å²) < 4.78 is 10.6. The van der Waals surface area contributed by atoms with Crippen LogP contribution >= 0.6 is 0 Å². The molecule has 3 rings (SSSR count). The third-order valence-corrected chi connectivity index (χ3v) is 6.21. The van der Waals surface area contributed by atoms with Gasteiger partial charge in [-0.2, -0.15) is 0 Å². The molecule has 8 heteroatoms. The lowest BCUT2D eigenvalue weighted by Gasteiger charge is -2.34. The maximum absolute atomic E-state index is 13.2. The van der Waals surface area contributed by atoms with E-state index in [9.17, 15) is 14.4 Å². The van der Waals surface area contributed by atoms with E-state index < -0.39 is 17.5 Å². The number of amides is 4. The highest BCUT2D eigenvalue weighted by atomic mass is 16.5. The van der Waals surface area contributed by atoms with Crippen molar-refractivity contribution in [3.63, 3.8) is 0 Å². The minimum absolute atomic E-state index is 0.189. The predicted octanol–water partition coefficient (Wildman–Crippen LogP) is 2.65. The molecule has 0 unspecified atom stereocenters. The maximum atomic E-state index is 13.2. The number of rotatable bonds is 7. The van der Waals surface area contributed by atoms with Gasteiger partial charge in [-0.05, 0) is 44.4 Å². The summed E-state index contributed by atoms with van der Waals surface area (Å²) in [5.74, 6) is 0.346. The molecule has 1 aromatic carbocycles. The summed E-state index contributed by atoms with van der Waals surface area (Å²) in [7, 11) is 3.04. The molecule has 164 valence electrons. The first-order valence-corrected chi connectivity index (χ1v) is 10.5. The highest BCUT2D eigenvalue weighted by Gasteiger charge is 2.50. The van der Waals surface area contributed by atoms with Crippen LogP contribution in [0.1, 0.15) is 51.5 Å². The first-order chi connectivity index (χ1) is 14.3. The van der Waals surface area contributed by atoms with Crippen LogP contribution in [-0.2, 0) is 15.1 Å². The largest absolute Gasteiger partial charge is 0.493 e. The van der Waals surface area contributed by atoms with Crippen LogP contribution in [0.5, 0.6) is 11.5 Å². The summed E-state index contributed by atoms with van der Waals surface area (Å²) in [6, 6.07) is 4.70. The van der Waals surface area contributed by atoms with Crippen molar-refractivity contribution in [2.45, 2.75) is 57.5 Å². The Morgan fingerprint density at radius 2 is 1.83 bits per heavy atom. The van der Waals surface area contributed by atoms with E-state index in [0.29, 0.717) is 23.6 Å². The maximum Gasteiger partial charge on any atom is 0.325 e. The molecule has 1 heterocycles. The zero-order valence-electron chi connectivity index (χ0n) is 18.2. The predicted molar refractivity (Wildman–Crippen MR) is 111 cm³/mol. The second-order valence-electron chi connectivity index (χ2n) is 7.99. The molecule has 0 radical (unpaired) electrons. The third kappa shape index (κ3) is 3.95. The van der Waals surface area contributed by atoms with Crippen LogP contribution < -0.4 is 14.8 Å². The molecular weight excluding hydrogens is 386 g/mol. The van der Waals surface area contributed by atoms with E-state index in [2.05, 4.69) is 5.32 Å². The van der Waals surface area contributed by atoms with Crippen LogP contribution in [0, 0.1) is 0 Å². The van der Waals surface area contributed by atoms with Gasteiger partial charge in [0.2, 0.25) is 5.91 Å². The number of nitrogens with zero attached hydrogens (tertiary/aromatic N) is 2. The van der Waals surface area contributed by atoms with Gasteiger partial charge in [0.05, 0.1) is 14.2 Å². The van der Waals surface area contributed by atoms with E-state index in [4.69, 9.17) is 9.47 Å². The fourth-order valence-electron chi connectivity index (χ4n) is 4.44. The highest BCUT2D eigenvalue weighted by molar-refractivity contribution is 6.09. The van der Waals surface area contributed by atoms with Crippen molar-refractivity contribution in [2.24, 2.45) is 0 Å². The Hall–Kier alpha value is -2.77. The Morgan fingerprint density at radius 1 is 1.17 bits per heavy atom. The number of methoxy groups -OCH3 is 2. The Balaban J connectivity index is 1.79. The smallest absolute Gasteiger partial charge is 0.325 e. The molecule has 8 nitrogen and oxygen atoms in total. The SMILES string of the molecule is CCN(C(=O)CN1C(=O)N[C@](C)(c2ccc(OC)c(OC)c2)C1=O)C1CCCCC1. The number of carbonyl (C=O) groups excluding carboxylic acids is 3. The number of carbonyl (C=O) groups is 3. The van der Waals surface area contributed by atoms with E-state index in [0.717, 1.165) is 30.6 Å². The van der Waals surface area contributed by atoms with Gasteiger partial charge in [0.15, 0.2) is 11.5 Å². The Kier molecular flexibility index (Phi) is 6.53. The van der Waals surface area contributed by atoms with E-state index >= 15 is 0 Å². The van der Waals surface area contributed by atoms with Crippen molar-refractivity contribution in [3.8, 4) is 11.5 Å². The lowest BCUT2D eigenvalue weighted by atomic mass is 9.91. The van der Waals surface area contributed by atoms with Gasteiger partial charge in [0.25, 0.3) is 5.91 Å². The third-order valence-electron chi connectivity index (χ3n) is 6.21. The van der Waals surface area contributed by atoms with Crippen LogP contribution in [0.2, 0.25) is 0 Å². The summed E-state index contributed by atoms with van der Waals surface area (Å²) >= 11 is 0. The van der Waals surface area contributed by atoms with Gasteiger partial charge in [-0.15, -0.1) is 0 Å². The summed E-state index contributed by atoms with van der Waals surface area (Å²) in [6.45, 7) is 3.89. The molecule has 0 aromatic heterocycles. The molecule has 2 aliphatic rings. The van der Waals surface area contributed by atoms with Gasteiger partial charge in [-0.25, -0.2) is 4.79 Å². The Labute approximate surface area is 177 Å². The number of likely N-dealkylation sites (N-methyl/N-ethyl adjacent to an activating group) is 1. The highest BCUT2D eigenvalue weighted by Crippen LogP contribution is 2.35. The Morgan fingerprint density at radius 3 is 2.43 bits per heavy atom. The average molecular weight is 418 g/mol. The molecule has 4 amide bonds. The van der Waals surface area contributed by atoms with Crippen LogP contribution in [0.25, 0.3) is 0 Å². The van der Waals surface area contributed by atoms with Crippen molar-refractivity contribution >= 4 is 17.8 Å². The molecule has 0 spiro atoms. The molecule has 2 fully saturated rings. The second kappa shape index (κ2) is 8.93. The van der Waals surface area contributed by atoms with Crippen molar-refractivity contribution in [1.29, 1.82) is 0 Å². The monoisotopic (exact) mass is 417 g/mol. The van der Waals surface area contributed by atoms with Gasteiger partial charge < -0.3 is 19.7 Å². The first-order valence-electron chi connectivity index (χ1n) is 10.5. The molecule has 1 aromatic rings. The number of nitrogens with one attached hydrogen (secondary N) is 1. The molecule has 1 atom stereocenters. The lowest BCUT2D eigenvalue weighted by Crippen LogP contribution is -2.48. The number of hydrogen-bond donors (Lipinski definition) is 1. The Bertz CT molecular complexity index is 821. The fourth-order valence-corrected chi connectivity index (χ4v) is 4.44. The second-order valence-corrected chi connectivity index (χ2v) is 7.99. The molecule has 1 aliphatic carbocycles. The molecule has 1 N–H and O–H groups in total. The van der Waals surface area contributed by atoms with Gasteiger partial charge in [-0.1, -0.05) is 25.3 Å². The van der Waals surface area contributed by atoms with E-state index in [1.54, 1.807) is 25.1 Å². The van der Waals surface area contributed by atoms with Gasteiger partial charge >= 0.3 is 6.03 Å². The molecule has 30 heavy (non-hydrogen) atoms. The number of benzene rings is 1. The molecule has 1 saturated carbocycles. The molecule has 1 saturated heterocycles. The standard InChI is InChI=1S/C22H31N3O5/c1-5-24(16-9-7-6-8-10-16)19(26)14-25-20(27)22(2,23-21(25)28)15-11-12-17(29-3)18(13-15)30-4/h11-13,16H,5-10,14H2,1-4H3,(H,23,28)/t22-/m1/s1. The van der Waals surface area contributed by atoms with Crippen LogP contribution in [-0.4, -0.2) is 61.0 Å². The van der Waals surface area contributed by atoms with E-state index in [1.807, 2.05) is 11.8 Å². The lowest BCUT2D eigenvalue weighted by molar-refractivity contribution is -0.140. The normalized spacial score (nSPS) is 22.1. The molecule has 1 aliphatic heterocycles. The summed E-state index contributed by atoms with van der Waals surface area (Å²) in [6.07, 6.45) is 5.36. The minimum Gasteiger partial charge on any atom is -0.493 e. The summed E-state index contributed by atoms with van der Waals surface area (Å²) in [5, 5.41) is 2.75.